The second-order valence-electron chi connectivity index (χ2n) is 33.9. The molecule has 0 unspecified atom stereocenters. The minimum absolute atomic E-state index is 0. The number of rotatable bonds is 35. The molecule has 14 rings (SSSR count). The molecule has 0 aromatic heterocycles. The molecular formula is C100H116ClN4Na3O16S4. The van der Waals surface area contributed by atoms with Crippen LogP contribution in [0.1, 0.15) is 195 Å². The van der Waals surface area contributed by atoms with E-state index in [-0.39, 0.29) is 130 Å². The Morgan fingerprint density at radius 3 is 1.38 bits per heavy atom. The predicted molar refractivity (Wildman–Crippen MR) is 497 cm³/mol. The summed E-state index contributed by atoms with van der Waals surface area (Å²) in [7, 11) is -7.73. The number of allylic oxidation sites excluding steroid dienone is 15. The van der Waals surface area contributed by atoms with Crippen molar-refractivity contribution in [1.82, 2.24) is 0 Å². The van der Waals surface area contributed by atoms with Gasteiger partial charge >= 0.3 is 99.3 Å². The fraction of sp³-hybridized carbons (Fsp3) is 0.380. The van der Waals surface area contributed by atoms with Crippen molar-refractivity contribution in [1.29, 1.82) is 0 Å². The zero-order chi connectivity index (χ0) is 89.3. The molecule has 4 heterocycles. The second-order valence-corrected chi connectivity index (χ2v) is 37.6. The van der Waals surface area contributed by atoms with E-state index in [0.717, 1.165) is 193 Å². The Hall–Kier alpha value is -6.06. The average Bonchev–Trinajstić information content (AvgIpc) is 1.57. The maximum atomic E-state index is 11.8. The maximum Gasteiger partial charge on any atom is 1.00 e. The van der Waals surface area contributed by atoms with Crippen LogP contribution in [0.5, 0.6) is 11.5 Å². The van der Waals surface area contributed by atoms with E-state index in [2.05, 4.69) is 269 Å². The van der Waals surface area contributed by atoms with Gasteiger partial charge in [-0.2, -0.15) is 36.0 Å². The van der Waals surface area contributed by atoms with Crippen molar-refractivity contribution in [3.05, 3.63) is 291 Å². The van der Waals surface area contributed by atoms with Gasteiger partial charge in [-0.05, 0) is 239 Å². The maximum absolute atomic E-state index is 11.8. The summed E-state index contributed by atoms with van der Waals surface area (Å²) in [4.78, 5) is 4.53. The van der Waals surface area contributed by atoms with Crippen LogP contribution in [0.4, 0.5) is 22.7 Å². The minimum atomic E-state index is -4.62. The van der Waals surface area contributed by atoms with Crippen LogP contribution in [0, 0.1) is 6.07 Å². The average molecular weight is 1860 g/mol. The molecule has 0 saturated carbocycles. The van der Waals surface area contributed by atoms with Gasteiger partial charge in [0.05, 0.1) is 15.7 Å². The van der Waals surface area contributed by atoms with Crippen LogP contribution in [-0.2, 0) is 61.1 Å². The summed E-state index contributed by atoms with van der Waals surface area (Å²) in [6.07, 6.45) is 34.9. The van der Waals surface area contributed by atoms with Gasteiger partial charge < -0.3 is 46.4 Å². The Labute approximate surface area is 838 Å². The van der Waals surface area contributed by atoms with Crippen molar-refractivity contribution in [2.45, 2.75) is 198 Å². The van der Waals surface area contributed by atoms with Crippen molar-refractivity contribution < 1.29 is 174 Å². The van der Waals surface area contributed by atoms with Gasteiger partial charge in [0.25, 0.3) is 0 Å². The van der Waals surface area contributed by atoms with E-state index in [4.69, 9.17) is 34.1 Å². The standard InChI is InChI=1S/C50H58N2O8S2.C44H53ClN2O4S.C6H5O.3Na.O3S.H/c1-49(2)42-20-9-10-21-43(42)51(33-12-14-35-61-60-59-54)45(49)30-23-37-17-15-18-38(48(37)58-39-25-27-40(28-26-39)62(55,56)57)24-31-46-50(3,4)47-41-19-8-7-16-36(41)22-29-44(47)52(46)32-11-5-6-13-34-53;1-43(2)36-20-9-10-21-37(36)46(29-12-14-31-52-51-50-49)39(43)26-23-33-17-15-18-34(42(33)45)24-27-40-44(3,4)41-35-19-8-7-16-32(35)22-25-38(41)47(40)28-11-5-6-13-30-48;7-6-4-2-1-3-5-6;;;;1-4(2)3;/h7-10,16,19-31,53H,5-6,11-15,17-18,32-35H2,1-4H3,(H-,54,55,56,57);7-10,16,19-27,48H,5-6,11-15,17-18,28-31H2,1-4H3;2-5,7H;;;;;/q;;-1;3*+1;;-1/p-1. The Balaban J connectivity index is 0.000000310. The number of aliphatic hydroxyl groups is 2. The number of aliphatic hydroxyl groups excluding tert-OH is 2. The molecule has 0 bridgehead atoms. The first-order valence-corrected chi connectivity index (χ1v) is 47.7. The molecule has 0 amide bonds. The van der Waals surface area contributed by atoms with E-state index in [9.17, 15) is 33.7 Å². The smallest absolute Gasteiger partial charge is 1.00 e. The number of hydrogen-bond donors (Lipinski definition) is 3. The molecule has 666 valence electrons. The van der Waals surface area contributed by atoms with Crippen LogP contribution in [0.2, 0.25) is 0 Å². The van der Waals surface area contributed by atoms with Crippen LogP contribution in [0.25, 0.3) is 21.5 Å². The number of benzene rings is 8. The summed E-state index contributed by atoms with van der Waals surface area (Å²) < 4.78 is 81.5. The van der Waals surface area contributed by atoms with Crippen LogP contribution in [-0.4, -0.2) is 112 Å². The molecule has 4 aliphatic heterocycles. The summed E-state index contributed by atoms with van der Waals surface area (Å²) in [6.45, 7) is 22.4. The third-order valence-corrected chi connectivity index (χ3v) is 26.8. The van der Waals surface area contributed by atoms with E-state index < -0.39 is 20.7 Å². The summed E-state index contributed by atoms with van der Waals surface area (Å²) in [5.41, 5.74) is 18.7. The van der Waals surface area contributed by atoms with E-state index in [1.54, 1.807) is 36.4 Å². The van der Waals surface area contributed by atoms with Crippen LogP contribution < -0.4 is 114 Å². The summed E-state index contributed by atoms with van der Waals surface area (Å²) in [5.74, 6) is 2.78. The number of fused-ring (bicyclic) bond motifs is 8. The SMILES string of the molecule is CC1(C)C(/C=C/C2=C(Cl)C(=C/C=C3/N(CCCCSOO[O-])c4ccccc4C3(C)C)/CCC2)=[N+](CCCCCCO)c2ccc3ccccc3c21.CC1(C)C(/C=C/C2=C(Oc3ccc(S(=O)(=O)[O-])cc3)C(=C/C=C3/N(CCCCSOO[O-])c4ccccc4C3(C)C)/CCC2)=[N+](CCCCCCO)c2ccc3ccccc3c21.O=S(=O)=O.Oc1cc[c-]cc1.[H-].[Na+].[Na+].[Na+]. The molecule has 8 aromatic carbocycles. The van der Waals surface area contributed by atoms with Crippen LogP contribution in [0.3, 0.4) is 0 Å². The number of phenols is 1. The number of unbranched alkanes of at least 4 members (excludes halogenated alkanes) is 8. The van der Waals surface area contributed by atoms with E-state index in [0.29, 0.717) is 23.0 Å². The van der Waals surface area contributed by atoms with E-state index in [1.807, 2.05) is 0 Å². The molecule has 3 N–H and O–H groups in total. The predicted octanol–water partition coefficient (Wildman–Crippen LogP) is 11.6. The molecule has 0 fully saturated rings. The molecule has 0 saturated heterocycles. The van der Waals surface area contributed by atoms with Gasteiger partial charge in [0, 0.05) is 155 Å². The van der Waals surface area contributed by atoms with Crippen molar-refractivity contribution >= 4 is 112 Å². The number of nitrogens with zero attached hydrogens (tertiary/aromatic N) is 4. The van der Waals surface area contributed by atoms with Crippen LogP contribution >= 0.6 is 35.7 Å². The monoisotopic (exact) mass is 1860 g/mol. The quantitative estimate of drug-likeness (QED) is 0.00487. The molecule has 0 atom stereocenters. The normalized spacial score (nSPS) is 17.5. The summed E-state index contributed by atoms with van der Waals surface area (Å²) in [6, 6.07) is 58.5. The number of halogens is 1. The number of anilines is 2. The van der Waals surface area contributed by atoms with Gasteiger partial charge in [-0.1, -0.05) is 155 Å². The van der Waals surface area contributed by atoms with Crippen LogP contribution in [0.15, 0.2) is 268 Å². The van der Waals surface area contributed by atoms with Crippen molar-refractivity contribution in [3.63, 3.8) is 0 Å². The van der Waals surface area contributed by atoms with Gasteiger partial charge in [-0.15, -0.1) is 24.8 Å². The molecule has 0 radical (unpaired) electrons. The van der Waals surface area contributed by atoms with E-state index >= 15 is 0 Å². The molecular weight excluding hydrogens is 1750 g/mol. The molecule has 28 heteroatoms. The first-order chi connectivity index (χ1) is 60.2. The number of hydrogen-bond acceptors (Lipinski definition) is 20. The first-order valence-electron chi connectivity index (χ1n) is 43.1. The number of para-hydroxylation sites is 2. The Morgan fingerprint density at radius 1 is 0.508 bits per heavy atom. The third kappa shape index (κ3) is 27.2. The molecule has 0 spiro atoms. The molecule has 128 heavy (non-hydrogen) atoms. The fourth-order valence-electron chi connectivity index (χ4n) is 18.2. The van der Waals surface area contributed by atoms with Gasteiger partial charge in [0.2, 0.25) is 11.4 Å². The van der Waals surface area contributed by atoms with Gasteiger partial charge in [-0.3, -0.25) is 10.1 Å². The van der Waals surface area contributed by atoms with Gasteiger partial charge in [-0.25, -0.2) is 8.42 Å². The Morgan fingerprint density at radius 2 is 0.930 bits per heavy atom. The topological polar surface area (TPSA) is 274 Å². The number of phenolic OH excluding ortho intramolecular Hbond substituents is 1. The number of aromatic hydroxyl groups is 1. The molecule has 8 aromatic rings. The second kappa shape index (κ2) is 51.4. The largest absolute Gasteiger partial charge is 1.00 e. The zero-order valence-corrected chi connectivity index (χ0v) is 85.6. The molecule has 20 nitrogen and oxygen atoms in total. The number of ether oxygens (including phenoxy) is 1. The van der Waals surface area contributed by atoms with E-state index in [1.165, 1.54) is 107 Å². The van der Waals surface area contributed by atoms with Crippen molar-refractivity contribution in [3.8, 4) is 11.5 Å². The molecule has 6 aliphatic rings. The third-order valence-electron chi connectivity index (χ3n) is 24.3. The summed E-state index contributed by atoms with van der Waals surface area (Å²) in [5, 5.41) is 60.7. The first kappa shape index (κ1) is 107. The Kier molecular flexibility index (Phi) is 43.1. The minimum Gasteiger partial charge on any atom is -1.00 e. The van der Waals surface area contributed by atoms with Gasteiger partial charge in [0.1, 0.15) is 34.7 Å². The zero-order valence-electron chi connectivity index (χ0n) is 76.6. The fourth-order valence-corrected chi connectivity index (χ4v) is 19.8. The van der Waals surface area contributed by atoms with Crippen molar-refractivity contribution in [2.75, 3.05) is 60.7 Å². The van der Waals surface area contributed by atoms with Gasteiger partial charge in [0.15, 0.2) is 11.4 Å². The van der Waals surface area contributed by atoms with Crippen molar-refractivity contribution in [2.24, 2.45) is 0 Å². The Bertz CT molecular complexity index is 5680. The summed E-state index contributed by atoms with van der Waals surface area (Å²) >= 11 is 9.36. The molecule has 2 aliphatic carbocycles.